The summed E-state index contributed by atoms with van der Waals surface area (Å²) >= 11 is 0. The van der Waals surface area contributed by atoms with Crippen molar-refractivity contribution in [3.8, 4) is 17.3 Å². The smallest absolute Gasteiger partial charge is 0.181 e. The Morgan fingerprint density at radius 2 is 2.15 bits per heavy atom. The van der Waals surface area contributed by atoms with Crippen LogP contribution in [0.4, 0.5) is 0 Å². The van der Waals surface area contributed by atoms with E-state index in [0.29, 0.717) is 18.7 Å². The van der Waals surface area contributed by atoms with Gasteiger partial charge in [-0.05, 0) is 25.1 Å². The molecule has 5 heteroatoms. The Morgan fingerprint density at radius 1 is 1.25 bits per heavy atom. The highest BCUT2D eigenvalue weighted by molar-refractivity contribution is 5.78. The molecule has 5 nitrogen and oxygen atoms in total. The second-order valence-corrected chi connectivity index (χ2v) is 4.50. The highest BCUT2D eigenvalue weighted by Gasteiger charge is 2.07. The van der Waals surface area contributed by atoms with Crippen molar-refractivity contribution >= 4 is 11.1 Å². The maximum Gasteiger partial charge on any atom is 0.181 e. The third-order valence-corrected chi connectivity index (χ3v) is 2.99. The van der Waals surface area contributed by atoms with E-state index in [1.54, 1.807) is 0 Å². The van der Waals surface area contributed by atoms with Gasteiger partial charge in [-0.3, -0.25) is 0 Å². The number of rotatable bonds is 3. The molecule has 0 aliphatic heterocycles. The highest BCUT2D eigenvalue weighted by atomic mass is 16.3. The minimum atomic E-state index is 0.421. The van der Waals surface area contributed by atoms with E-state index < -0.39 is 0 Å². The molecule has 0 radical (unpaired) electrons. The van der Waals surface area contributed by atoms with Crippen molar-refractivity contribution in [3.05, 3.63) is 42.2 Å². The fourth-order valence-electron chi connectivity index (χ4n) is 2.07. The van der Waals surface area contributed by atoms with Gasteiger partial charge in [0, 0.05) is 24.1 Å². The molecule has 2 heterocycles. The van der Waals surface area contributed by atoms with Gasteiger partial charge in [0.2, 0.25) is 0 Å². The van der Waals surface area contributed by atoms with Gasteiger partial charge in [0.05, 0.1) is 11.8 Å². The zero-order valence-corrected chi connectivity index (χ0v) is 11.0. The number of aromatic nitrogens is 3. The second-order valence-electron chi connectivity index (χ2n) is 4.50. The van der Waals surface area contributed by atoms with Crippen molar-refractivity contribution in [3.63, 3.8) is 0 Å². The quantitative estimate of drug-likeness (QED) is 0.726. The van der Waals surface area contributed by atoms with E-state index >= 15 is 0 Å². The monoisotopic (exact) mass is 264 g/mol. The van der Waals surface area contributed by atoms with Gasteiger partial charge in [0.1, 0.15) is 11.3 Å². The van der Waals surface area contributed by atoms with Crippen LogP contribution in [0.2, 0.25) is 0 Å². The standard InChI is InChI=1S/C15H12N4O/c1-10-7-13(19-15(18-10)3-2-6-16)11-4-5-12-14(8-11)20-9-17-12/h4-5,7-9H,2-3H2,1H3. The molecule has 0 amide bonds. The summed E-state index contributed by atoms with van der Waals surface area (Å²) in [6.45, 7) is 1.92. The van der Waals surface area contributed by atoms with E-state index in [2.05, 4.69) is 21.0 Å². The number of fused-ring (bicyclic) bond motifs is 1. The third kappa shape index (κ3) is 2.36. The van der Waals surface area contributed by atoms with E-state index in [4.69, 9.17) is 9.68 Å². The van der Waals surface area contributed by atoms with Crippen LogP contribution in [0.3, 0.4) is 0 Å². The van der Waals surface area contributed by atoms with Crippen molar-refractivity contribution in [2.75, 3.05) is 0 Å². The number of aryl methyl sites for hydroxylation is 2. The van der Waals surface area contributed by atoms with Crippen molar-refractivity contribution < 1.29 is 4.42 Å². The minimum absolute atomic E-state index is 0.421. The summed E-state index contributed by atoms with van der Waals surface area (Å²) in [5.41, 5.74) is 4.24. The minimum Gasteiger partial charge on any atom is -0.443 e. The molecule has 1 aromatic carbocycles. The molecular weight excluding hydrogens is 252 g/mol. The number of benzene rings is 1. The first kappa shape index (κ1) is 12.3. The fraction of sp³-hybridized carbons (Fsp3) is 0.200. The van der Waals surface area contributed by atoms with E-state index in [1.165, 1.54) is 6.39 Å². The maximum atomic E-state index is 8.65. The molecule has 0 aliphatic carbocycles. The van der Waals surface area contributed by atoms with E-state index in [9.17, 15) is 0 Å². The first-order chi connectivity index (χ1) is 9.76. The first-order valence-corrected chi connectivity index (χ1v) is 6.31. The molecule has 0 unspecified atom stereocenters. The van der Waals surface area contributed by atoms with Gasteiger partial charge in [-0.2, -0.15) is 5.26 Å². The Bertz CT molecular complexity index is 801. The summed E-state index contributed by atoms with van der Waals surface area (Å²) in [5.74, 6) is 0.694. The van der Waals surface area contributed by atoms with Crippen LogP contribution in [-0.4, -0.2) is 15.0 Å². The summed E-state index contributed by atoms with van der Waals surface area (Å²) in [6.07, 6.45) is 2.41. The number of nitriles is 1. The lowest BCUT2D eigenvalue weighted by atomic mass is 10.1. The molecule has 0 spiro atoms. The zero-order chi connectivity index (χ0) is 13.9. The molecule has 98 valence electrons. The van der Waals surface area contributed by atoms with Crippen molar-refractivity contribution in [1.82, 2.24) is 15.0 Å². The number of oxazole rings is 1. The first-order valence-electron chi connectivity index (χ1n) is 6.31. The van der Waals surface area contributed by atoms with E-state index in [1.807, 2.05) is 31.2 Å². The number of nitrogens with zero attached hydrogens (tertiary/aromatic N) is 4. The third-order valence-electron chi connectivity index (χ3n) is 2.99. The van der Waals surface area contributed by atoms with Gasteiger partial charge in [0.25, 0.3) is 0 Å². The molecule has 0 atom stereocenters. The number of hydrogen-bond acceptors (Lipinski definition) is 5. The lowest BCUT2D eigenvalue weighted by molar-refractivity contribution is 0.602. The van der Waals surface area contributed by atoms with Gasteiger partial charge in [0.15, 0.2) is 12.0 Å². The lowest BCUT2D eigenvalue weighted by Gasteiger charge is -2.05. The second kappa shape index (κ2) is 5.10. The molecular formula is C15H12N4O. The van der Waals surface area contributed by atoms with Crippen LogP contribution in [0.5, 0.6) is 0 Å². The Labute approximate surface area is 115 Å². The lowest BCUT2D eigenvalue weighted by Crippen LogP contribution is -1.99. The molecule has 3 rings (SSSR count). The van der Waals surface area contributed by atoms with Crippen LogP contribution in [0.15, 0.2) is 35.1 Å². The summed E-state index contributed by atoms with van der Waals surface area (Å²) in [5, 5.41) is 8.65. The predicted octanol–water partition coefficient (Wildman–Crippen LogP) is 3.05. The van der Waals surface area contributed by atoms with Crippen molar-refractivity contribution in [2.45, 2.75) is 19.8 Å². The molecule has 0 fully saturated rings. The summed E-state index contributed by atoms with van der Waals surface area (Å²) in [7, 11) is 0. The average Bonchev–Trinajstić information content (AvgIpc) is 2.92. The van der Waals surface area contributed by atoms with Gasteiger partial charge in [-0.1, -0.05) is 6.07 Å². The van der Waals surface area contributed by atoms with Crippen LogP contribution in [-0.2, 0) is 6.42 Å². The molecule has 20 heavy (non-hydrogen) atoms. The fourth-order valence-corrected chi connectivity index (χ4v) is 2.07. The predicted molar refractivity (Wildman–Crippen MR) is 73.7 cm³/mol. The van der Waals surface area contributed by atoms with Gasteiger partial charge < -0.3 is 4.42 Å². The van der Waals surface area contributed by atoms with Crippen LogP contribution >= 0.6 is 0 Å². The Kier molecular flexibility index (Phi) is 3.13. The maximum absolute atomic E-state index is 8.65. The molecule has 0 saturated carbocycles. The van der Waals surface area contributed by atoms with Crippen LogP contribution in [0, 0.1) is 18.3 Å². The Hall–Kier alpha value is -2.74. The molecule has 2 aromatic heterocycles. The topological polar surface area (TPSA) is 75.6 Å². The van der Waals surface area contributed by atoms with Gasteiger partial charge >= 0.3 is 0 Å². The number of hydrogen-bond donors (Lipinski definition) is 0. The molecule has 3 aromatic rings. The van der Waals surface area contributed by atoms with Gasteiger partial charge in [-0.25, -0.2) is 15.0 Å². The van der Waals surface area contributed by atoms with E-state index in [-0.39, 0.29) is 0 Å². The SMILES string of the molecule is Cc1cc(-c2ccc3ncoc3c2)nc(CCC#N)n1. The molecule has 0 N–H and O–H groups in total. The Morgan fingerprint density at radius 3 is 3.00 bits per heavy atom. The van der Waals surface area contributed by atoms with Crippen molar-refractivity contribution in [1.29, 1.82) is 5.26 Å². The summed E-state index contributed by atoms with van der Waals surface area (Å²) in [4.78, 5) is 13.0. The Balaban J connectivity index is 2.03. The summed E-state index contributed by atoms with van der Waals surface area (Å²) < 4.78 is 5.31. The van der Waals surface area contributed by atoms with Gasteiger partial charge in [-0.15, -0.1) is 0 Å². The average molecular weight is 264 g/mol. The highest BCUT2D eigenvalue weighted by Crippen LogP contribution is 2.23. The normalized spacial score (nSPS) is 10.6. The molecule has 0 bridgehead atoms. The summed E-state index contributed by atoms with van der Waals surface area (Å²) in [6, 6.07) is 9.81. The van der Waals surface area contributed by atoms with Crippen LogP contribution in [0.1, 0.15) is 17.9 Å². The molecule has 0 saturated heterocycles. The largest absolute Gasteiger partial charge is 0.443 e. The van der Waals surface area contributed by atoms with Crippen LogP contribution < -0.4 is 0 Å². The van der Waals surface area contributed by atoms with Crippen LogP contribution in [0.25, 0.3) is 22.4 Å². The van der Waals surface area contributed by atoms with E-state index in [0.717, 1.165) is 28.1 Å². The van der Waals surface area contributed by atoms with Crippen molar-refractivity contribution in [2.24, 2.45) is 0 Å². The molecule has 0 aliphatic rings. The zero-order valence-electron chi connectivity index (χ0n) is 11.0.